The van der Waals surface area contributed by atoms with Crippen molar-refractivity contribution in [1.29, 1.82) is 0 Å². The van der Waals surface area contributed by atoms with Gasteiger partial charge in [-0.1, -0.05) is 25.5 Å². The standard InChI is InChI=1S/C26H36N2O2S/c1-2-3-14-28-15-12-20-9-10-23(17-22(20)13-16-28)24-18-31-26(27-24)21-7-4-19(5-8-21)6-11-25(29)30/h9-10,17-19,21H,2-8,11-16H2,1H3,(H,29,30). The Bertz CT molecular complexity index is 870. The van der Waals surface area contributed by atoms with Crippen LogP contribution in [0.25, 0.3) is 11.3 Å². The molecule has 0 radical (unpaired) electrons. The number of benzene rings is 1. The summed E-state index contributed by atoms with van der Waals surface area (Å²) in [5.74, 6) is 0.460. The molecule has 0 saturated heterocycles. The van der Waals surface area contributed by atoms with E-state index < -0.39 is 5.97 Å². The maximum absolute atomic E-state index is 10.8. The van der Waals surface area contributed by atoms with Gasteiger partial charge in [0.05, 0.1) is 10.7 Å². The predicted molar refractivity (Wildman–Crippen MR) is 128 cm³/mol. The molecule has 1 aliphatic heterocycles. The molecule has 1 aromatic carbocycles. The molecule has 4 nitrogen and oxygen atoms in total. The highest BCUT2D eigenvalue weighted by Crippen LogP contribution is 2.39. The van der Waals surface area contributed by atoms with E-state index in [0.717, 1.165) is 50.6 Å². The Balaban J connectivity index is 1.37. The SMILES string of the molecule is CCCCN1CCc2ccc(-c3csc(C4CCC(CCC(=O)O)CC4)n3)cc2CC1. The Morgan fingerprint density at radius 2 is 1.94 bits per heavy atom. The molecule has 2 aliphatic rings. The predicted octanol–water partition coefficient (Wildman–Crippen LogP) is 6.15. The lowest BCUT2D eigenvalue weighted by Gasteiger charge is -2.26. The smallest absolute Gasteiger partial charge is 0.303 e. The average molecular weight is 441 g/mol. The van der Waals surface area contributed by atoms with Gasteiger partial charge in [0, 0.05) is 36.4 Å². The van der Waals surface area contributed by atoms with Crippen LogP contribution in [0, 0.1) is 5.92 Å². The van der Waals surface area contributed by atoms with E-state index >= 15 is 0 Å². The van der Waals surface area contributed by atoms with Gasteiger partial charge in [-0.25, -0.2) is 4.98 Å². The third kappa shape index (κ3) is 5.95. The van der Waals surface area contributed by atoms with Gasteiger partial charge in [0.1, 0.15) is 0 Å². The van der Waals surface area contributed by atoms with E-state index in [1.807, 2.05) is 11.3 Å². The van der Waals surface area contributed by atoms with Gasteiger partial charge in [0.15, 0.2) is 0 Å². The number of carboxylic acids is 1. The second-order valence-corrected chi connectivity index (χ2v) is 10.3. The molecule has 0 spiro atoms. The van der Waals surface area contributed by atoms with E-state index in [1.54, 1.807) is 0 Å². The van der Waals surface area contributed by atoms with Gasteiger partial charge in [-0.2, -0.15) is 0 Å². The van der Waals surface area contributed by atoms with Crippen LogP contribution >= 0.6 is 11.3 Å². The van der Waals surface area contributed by atoms with Gasteiger partial charge in [-0.05, 0) is 81.0 Å². The summed E-state index contributed by atoms with van der Waals surface area (Å²) in [5.41, 5.74) is 5.41. The van der Waals surface area contributed by atoms with Crippen molar-refractivity contribution in [3.63, 3.8) is 0 Å². The summed E-state index contributed by atoms with van der Waals surface area (Å²) in [6.07, 6.45) is 10.6. The highest BCUT2D eigenvalue weighted by atomic mass is 32.1. The Kier molecular flexibility index (Phi) is 7.78. The molecule has 0 amide bonds. The van der Waals surface area contributed by atoms with Crippen LogP contribution in [-0.2, 0) is 17.6 Å². The minimum absolute atomic E-state index is 0.311. The van der Waals surface area contributed by atoms with Crippen LogP contribution in [-0.4, -0.2) is 40.6 Å². The topological polar surface area (TPSA) is 53.4 Å². The van der Waals surface area contributed by atoms with Crippen molar-refractivity contribution in [3.8, 4) is 11.3 Å². The summed E-state index contributed by atoms with van der Waals surface area (Å²) in [6, 6.07) is 6.99. The van der Waals surface area contributed by atoms with Crippen LogP contribution < -0.4 is 0 Å². The van der Waals surface area contributed by atoms with E-state index in [2.05, 4.69) is 35.4 Å². The average Bonchev–Trinajstić information content (AvgIpc) is 3.19. The van der Waals surface area contributed by atoms with Crippen molar-refractivity contribution in [2.75, 3.05) is 19.6 Å². The van der Waals surface area contributed by atoms with Gasteiger partial charge in [-0.3, -0.25) is 4.79 Å². The number of carbonyl (C=O) groups is 1. The molecule has 31 heavy (non-hydrogen) atoms. The third-order valence-electron chi connectivity index (χ3n) is 7.21. The number of thiazole rings is 1. The summed E-state index contributed by atoms with van der Waals surface area (Å²) in [6.45, 7) is 5.85. The first-order valence-corrected chi connectivity index (χ1v) is 13.0. The van der Waals surface area contributed by atoms with E-state index in [9.17, 15) is 4.79 Å². The van der Waals surface area contributed by atoms with Crippen LogP contribution in [0.3, 0.4) is 0 Å². The Morgan fingerprint density at radius 3 is 2.68 bits per heavy atom. The summed E-state index contributed by atoms with van der Waals surface area (Å²) >= 11 is 1.81. The maximum Gasteiger partial charge on any atom is 0.303 e. The summed E-state index contributed by atoms with van der Waals surface area (Å²) in [7, 11) is 0. The molecule has 1 saturated carbocycles. The fourth-order valence-electron chi connectivity index (χ4n) is 5.17. The van der Waals surface area contributed by atoms with E-state index in [4.69, 9.17) is 10.1 Å². The minimum Gasteiger partial charge on any atom is -0.481 e. The van der Waals surface area contributed by atoms with Crippen molar-refractivity contribution >= 4 is 17.3 Å². The number of fused-ring (bicyclic) bond motifs is 1. The number of hydrogen-bond acceptors (Lipinski definition) is 4. The van der Waals surface area contributed by atoms with Crippen molar-refractivity contribution < 1.29 is 9.90 Å². The zero-order chi connectivity index (χ0) is 21.6. The molecule has 0 atom stereocenters. The highest BCUT2D eigenvalue weighted by molar-refractivity contribution is 7.10. The van der Waals surface area contributed by atoms with Gasteiger partial charge in [0.2, 0.25) is 0 Å². The van der Waals surface area contributed by atoms with Crippen LogP contribution in [0.4, 0.5) is 0 Å². The van der Waals surface area contributed by atoms with Gasteiger partial charge in [-0.15, -0.1) is 11.3 Å². The number of unbranched alkanes of at least 4 members (excludes halogenated alkanes) is 1. The number of hydrogen-bond donors (Lipinski definition) is 1. The van der Waals surface area contributed by atoms with Crippen molar-refractivity contribution in [1.82, 2.24) is 9.88 Å². The number of aliphatic carboxylic acids is 1. The molecule has 5 heteroatoms. The third-order valence-corrected chi connectivity index (χ3v) is 8.22. The number of aromatic nitrogens is 1. The lowest BCUT2D eigenvalue weighted by atomic mass is 9.80. The second kappa shape index (κ2) is 10.7. The molecule has 168 valence electrons. The van der Waals surface area contributed by atoms with Crippen LogP contribution in [0.5, 0.6) is 0 Å². The molecule has 1 aliphatic carbocycles. The summed E-state index contributed by atoms with van der Waals surface area (Å²) in [4.78, 5) is 18.5. The molecule has 1 fully saturated rings. The van der Waals surface area contributed by atoms with Crippen molar-refractivity contribution in [3.05, 3.63) is 39.7 Å². The molecule has 0 unspecified atom stereocenters. The second-order valence-electron chi connectivity index (χ2n) is 9.40. The van der Waals surface area contributed by atoms with Crippen LogP contribution in [0.1, 0.15) is 80.3 Å². The maximum atomic E-state index is 10.8. The Labute approximate surface area is 190 Å². The minimum atomic E-state index is -0.666. The molecular formula is C26H36N2O2S. The van der Waals surface area contributed by atoms with Gasteiger partial charge < -0.3 is 10.0 Å². The van der Waals surface area contributed by atoms with Gasteiger partial charge >= 0.3 is 5.97 Å². The molecule has 2 aromatic rings. The highest BCUT2D eigenvalue weighted by Gasteiger charge is 2.25. The van der Waals surface area contributed by atoms with Gasteiger partial charge in [0.25, 0.3) is 0 Å². The number of carboxylic acid groups (broad SMARTS) is 1. The molecule has 0 bridgehead atoms. The molecular weight excluding hydrogens is 404 g/mol. The first-order chi connectivity index (χ1) is 15.1. The number of rotatable bonds is 8. The molecule has 1 N–H and O–H groups in total. The zero-order valence-electron chi connectivity index (χ0n) is 18.8. The van der Waals surface area contributed by atoms with Crippen molar-refractivity contribution in [2.24, 2.45) is 5.92 Å². The summed E-state index contributed by atoms with van der Waals surface area (Å²) < 4.78 is 0. The molecule has 4 rings (SSSR count). The Morgan fingerprint density at radius 1 is 1.16 bits per heavy atom. The zero-order valence-corrected chi connectivity index (χ0v) is 19.6. The molecule has 1 aromatic heterocycles. The quantitative estimate of drug-likeness (QED) is 0.535. The first-order valence-electron chi connectivity index (χ1n) is 12.1. The Hall–Kier alpha value is -1.72. The largest absolute Gasteiger partial charge is 0.481 e. The fourth-order valence-corrected chi connectivity index (χ4v) is 6.17. The van der Waals surface area contributed by atoms with E-state index in [-0.39, 0.29) is 0 Å². The van der Waals surface area contributed by atoms with Crippen LogP contribution in [0.15, 0.2) is 23.6 Å². The lowest BCUT2D eigenvalue weighted by Crippen LogP contribution is -2.27. The monoisotopic (exact) mass is 440 g/mol. The van der Waals surface area contributed by atoms with Crippen molar-refractivity contribution in [2.45, 2.75) is 77.0 Å². The first kappa shape index (κ1) is 22.5. The van der Waals surface area contributed by atoms with E-state index in [1.165, 1.54) is 54.2 Å². The fraction of sp³-hybridized carbons (Fsp3) is 0.615. The lowest BCUT2D eigenvalue weighted by molar-refractivity contribution is -0.137. The van der Waals surface area contributed by atoms with Crippen LogP contribution in [0.2, 0.25) is 0 Å². The van der Waals surface area contributed by atoms with E-state index in [0.29, 0.717) is 18.3 Å². The summed E-state index contributed by atoms with van der Waals surface area (Å²) in [5, 5.41) is 12.4. The normalized spacial score (nSPS) is 22.1. The number of nitrogens with zero attached hydrogens (tertiary/aromatic N) is 2. The molecule has 2 heterocycles.